The van der Waals surface area contributed by atoms with E-state index in [0.29, 0.717) is 11.1 Å². The predicted octanol–water partition coefficient (Wildman–Crippen LogP) is 2.79. The van der Waals surface area contributed by atoms with Gasteiger partial charge in [-0.1, -0.05) is 30.3 Å². The van der Waals surface area contributed by atoms with Gasteiger partial charge in [-0.3, -0.25) is 9.59 Å². The van der Waals surface area contributed by atoms with Crippen LogP contribution in [-0.4, -0.2) is 30.9 Å². The normalized spacial score (nSPS) is 11.8. The molecule has 2 rings (SSSR count). The van der Waals surface area contributed by atoms with Crippen molar-refractivity contribution >= 4 is 27.4 Å². The van der Waals surface area contributed by atoms with Gasteiger partial charge in [-0.2, -0.15) is 13.2 Å². The van der Waals surface area contributed by atoms with Gasteiger partial charge in [-0.15, -0.1) is 0 Å². The molecule has 0 radical (unpaired) electrons. The summed E-state index contributed by atoms with van der Waals surface area (Å²) in [6.45, 7) is 0. The number of carboxylic acids is 1. The zero-order valence-electron chi connectivity index (χ0n) is 13.7. The van der Waals surface area contributed by atoms with Crippen LogP contribution in [0.3, 0.4) is 0 Å². The lowest BCUT2D eigenvalue weighted by molar-refractivity contribution is -0.136. The molecule has 0 atom stereocenters. The number of benzene rings is 2. The van der Waals surface area contributed by atoms with Crippen molar-refractivity contribution in [1.82, 2.24) is 0 Å². The van der Waals surface area contributed by atoms with Crippen molar-refractivity contribution in [1.29, 1.82) is 0 Å². The first-order valence-corrected chi connectivity index (χ1v) is 8.98. The van der Waals surface area contributed by atoms with E-state index >= 15 is 0 Å². The molecule has 0 aliphatic carbocycles. The van der Waals surface area contributed by atoms with Crippen LogP contribution in [0.2, 0.25) is 0 Å². The highest BCUT2D eigenvalue weighted by atomic mass is 32.2. The molecule has 0 aromatic heterocycles. The van der Waals surface area contributed by atoms with Gasteiger partial charge in [0.05, 0.1) is 17.7 Å². The Balaban J connectivity index is 2.08. The highest BCUT2D eigenvalue weighted by molar-refractivity contribution is 7.92. The van der Waals surface area contributed by atoms with E-state index in [9.17, 15) is 31.2 Å². The van der Waals surface area contributed by atoms with Crippen LogP contribution in [0.15, 0.2) is 53.4 Å². The van der Waals surface area contributed by atoms with Crippen LogP contribution in [0, 0.1) is 0 Å². The third-order valence-electron chi connectivity index (χ3n) is 3.48. The van der Waals surface area contributed by atoms with Crippen LogP contribution < -0.4 is 5.32 Å². The van der Waals surface area contributed by atoms with E-state index < -0.39 is 32.1 Å². The van der Waals surface area contributed by atoms with Crippen molar-refractivity contribution in [2.75, 3.05) is 5.32 Å². The number of halogens is 3. The van der Waals surface area contributed by atoms with Gasteiger partial charge >= 0.3 is 11.5 Å². The van der Waals surface area contributed by atoms with Crippen molar-refractivity contribution < 1.29 is 36.3 Å². The minimum absolute atomic E-state index is 0.0900. The maximum Gasteiger partial charge on any atom is 0.501 e. The number of anilines is 1. The molecule has 144 valence electrons. The minimum Gasteiger partial charge on any atom is -0.481 e. The quantitative estimate of drug-likeness (QED) is 0.775. The highest BCUT2D eigenvalue weighted by Crippen LogP contribution is 2.31. The summed E-state index contributed by atoms with van der Waals surface area (Å²) in [5.74, 6) is -1.56. The highest BCUT2D eigenvalue weighted by Gasteiger charge is 2.46. The van der Waals surface area contributed by atoms with Crippen LogP contribution in [0.4, 0.5) is 18.9 Å². The molecule has 0 spiro atoms. The standard InChI is InChI=1S/C17H14F3NO5S/c18-17(19,20)27(25,26)14-3-1-2-13(10-14)21-15(22)8-11-4-6-12(7-5-11)9-16(23)24/h1-7,10H,8-9H2,(H,21,22)(H,23,24). The smallest absolute Gasteiger partial charge is 0.481 e. The summed E-state index contributed by atoms with van der Waals surface area (Å²) in [4.78, 5) is 21.7. The SMILES string of the molecule is O=C(O)Cc1ccc(CC(=O)Nc2cccc(S(=O)(=O)C(F)(F)F)c2)cc1. The summed E-state index contributed by atoms with van der Waals surface area (Å²) in [6.07, 6.45) is -0.281. The van der Waals surface area contributed by atoms with Crippen molar-refractivity contribution in [2.45, 2.75) is 23.2 Å². The molecular formula is C17H14F3NO5S. The molecule has 1 amide bonds. The number of alkyl halides is 3. The molecule has 0 aliphatic rings. The van der Waals surface area contributed by atoms with E-state index in [2.05, 4.69) is 5.32 Å². The lowest BCUT2D eigenvalue weighted by atomic mass is 10.1. The zero-order valence-corrected chi connectivity index (χ0v) is 14.5. The number of carboxylic acid groups (broad SMARTS) is 1. The first-order valence-electron chi connectivity index (χ1n) is 7.50. The van der Waals surface area contributed by atoms with Crippen molar-refractivity contribution in [2.24, 2.45) is 0 Å². The van der Waals surface area contributed by atoms with Crippen molar-refractivity contribution in [3.05, 3.63) is 59.7 Å². The molecule has 0 aliphatic heterocycles. The van der Waals surface area contributed by atoms with Gasteiger partial charge in [0, 0.05) is 5.69 Å². The fourth-order valence-electron chi connectivity index (χ4n) is 2.21. The topological polar surface area (TPSA) is 101 Å². The molecule has 2 aromatic carbocycles. The summed E-state index contributed by atoms with van der Waals surface area (Å²) in [5, 5.41) is 11.0. The maximum atomic E-state index is 12.6. The van der Waals surface area contributed by atoms with Gasteiger partial charge in [0.25, 0.3) is 9.84 Å². The molecule has 2 N–H and O–H groups in total. The molecule has 0 fully saturated rings. The lowest BCUT2D eigenvalue weighted by Crippen LogP contribution is -2.23. The zero-order chi connectivity index (χ0) is 20.2. The molecule has 0 heterocycles. The van der Waals surface area contributed by atoms with Gasteiger partial charge in [-0.25, -0.2) is 8.42 Å². The Bertz CT molecular complexity index is 953. The van der Waals surface area contributed by atoms with E-state index in [0.717, 1.165) is 18.2 Å². The lowest BCUT2D eigenvalue weighted by Gasteiger charge is -2.10. The van der Waals surface area contributed by atoms with E-state index in [1.54, 1.807) is 24.3 Å². The molecule has 27 heavy (non-hydrogen) atoms. The second-order valence-corrected chi connectivity index (χ2v) is 7.53. The summed E-state index contributed by atoms with van der Waals surface area (Å²) in [7, 11) is -5.51. The van der Waals surface area contributed by atoms with E-state index in [4.69, 9.17) is 5.11 Å². The van der Waals surface area contributed by atoms with Gasteiger partial charge in [0.2, 0.25) is 5.91 Å². The van der Waals surface area contributed by atoms with Crippen LogP contribution >= 0.6 is 0 Å². The minimum atomic E-state index is -5.51. The molecular weight excluding hydrogens is 387 g/mol. The molecule has 0 saturated heterocycles. The average molecular weight is 401 g/mol. The number of carbonyl (C=O) groups is 2. The van der Waals surface area contributed by atoms with Gasteiger partial charge in [0.15, 0.2) is 0 Å². The van der Waals surface area contributed by atoms with E-state index in [1.807, 2.05) is 0 Å². The summed E-state index contributed by atoms with van der Waals surface area (Å²) in [6, 6.07) is 10.1. The summed E-state index contributed by atoms with van der Waals surface area (Å²) < 4.78 is 60.6. The molecule has 0 unspecified atom stereocenters. The summed E-state index contributed by atoms with van der Waals surface area (Å²) >= 11 is 0. The van der Waals surface area contributed by atoms with Gasteiger partial charge in [0.1, 0.15) is 0 Å². The number of hydrogen-bond donors (Lipinski definition) is 2. The number of amides is 1. The Labute approximate surface area is 152 Å². The number of sulfone groups is 1. The fraction of sp³-hybridized carbons (Fsp3) is 0.176. The second-order valence-electron chi connectivity index (χ2n) is 5.59. The monoisotopic (exact) mass is 401 g/mol. The Kier molecular flexibility index (Phi) is 5.89. The number of nitrogens with one attached hydrogen (secondary N) is 1. The number of carbonyl (C=O) groups excluding carboxylic acids is 1. The van der Waals surface area contributed by atoms with Gasteiger partial charge < -0.3 is 10.4 Å². The molecule has 2 aromatic rings. The Hall–Kier alpha value is -2.88. The Morgan fingerprint density at radius 1 is 0.963 bits per heavy atom. The van der Waals surface area contributed by atoms with Crippen LogP contribution in [0.5, 0.6) is 0 Å². The molecule has 0 bridgehead atoms. The number of aliphatic carboxylic acids is 1. The third-order valence-corrected chi connectivity index (χ3v) is 4.96. The Morgan fingerprint density at radius 2 is 1.52 bits per heavy atom. The van der Waals surface area contributed by atoms with Crippen molar-refractivity contribution in [3.63, 3.8) is 0 Å². The van der Waals surface area contributed by atoms with Gasteiger partial charge in [-0.05, 0) is 29.3 Å². The van der Waals surface area contributed by atoms with E-state index in [-0.39, 0.29) is 18.5 Å². The van der Waals surface area contributed by atoms with Crippen LogP contribution in [0.1, 0.15) is 11.1 Å². The third kappa shape index (κ3) is 5.30. The fourth-order valence-corrected chi connectivity index (χ4v) is 3.02. The first kappa shape index (κ1) is 20.4. The number of rotatable bonds is 6. The van der Waals surface area contributed by atoms with Crippen LogP contribution in [0.25, 0.3) is 0 Å². The maximum absolute atomic E-state index is 12.6. The van der Waals surface area contributed by atoms with Crippen LogP contribution in [-0.2, 0) is 32.3 Å². The van der Waals surface area contributed by atoms with E-state index in [1.165, 1.54) is 6.07 Å². The Morgan fingerprint density at radius 3 is 2.04 bits per heavy atom. The molecule has 10 heteroatoms. The summed E-state index contributed by atoms with van der Waals surface area (Å²) in [5.41, 5.74) is -4.42. The average Bonchev–Trinajstić information content (AvgIpc) is 2.55. The van der Waals surface area contributed by atoms with Crippen molar-refractivity contribution in [3.8, 4) is 0 Å². The predicted molar refractivity (Wildman–Crippen MR) is 89.8 cm³/mol. The molecule has 0 saturated carbocycles. The second kappa shape index (κ2) is 7.78. The molecule has 6 nitrogen and oxygen atoms in total. The largest absolute Gasteiger partial charge is 0.501 e. The first-order chi connectivity index (χ1) is 12.5. The number of hydrogen-bond acceptors (Lipinski definition) is 4.